The number of rotatable bonds is 8. The predicted octanol–water partition coefficient (Wildman–Crippen LogP) is 2.69. The van der Waals surface area contributed by atoms with Gasteiger partial charge in [0.1, 0.15) is 12.4 Å². The van der Waals surface area contributed by atoms with E-state index in [1.165, 1.54) is 11.3 Å². The molecule has 0 bridgehead atoms. The molecule has 0 aliphatic carbocycles. The Morgan fingerprint density at radius 2 is 2.04 bits per heavy atom. The highest BCUT2D eigenvalue weighted by Crippen LogP contribution is 2.22. The standard InChI is InChI=1S/C18H23N3O3S/c1-13-6-3-4-7-15(13)24-10-9-21(2)17(22)12-14(20-18(19)23)16-8-5-11-25-16/h3-8,11,14H,9-10,12H2,1-2H3,(H3,19,20,23). The molecule has 0 aliphatic heterocycles. The van der Waals surface area contributed by atoms with E-state index in [2.05, 4.69) is 5.32 Å². The van der Waals surface area contributed by atoms with Crippen LogP contribution in [0.4, 0.5) is 4.79 Å². The van der Waals surface area contributed by atoms with Crippen molar-refractivity contribution in [2.75, 3.05) is 20.2 Å². The highest BCUT2D eigenvalue weighted by molar-refractivity contribution is 7.10. The molecule has 3 amide bonds. The molecule has 0 aliphatic rings. The van der Waals surface area contributed by atoms with Gasteiger partial charge in [0.2, 0.25) is 5.91 Å². The Morgan fingerprint density at radius 3 is 2.68 bits per heavy atom. The van der Waals surface area contributed by atoms with E-state index in [4.69, 9.17) is 10.5 Å². The Balaban J connectivity index is 1.85. The quantitative estimate of drug-likeness (QED) is 0.758. The van der Waals surface area contributed by atoms with E-state index in [0.29, 0.717) is 13.2 Å². The van der Waals surface area contributed by atoms with Crippen LogP contribution in [0.1, 0.15) is 22.9 Å². The molecule has 0 spiro atoms. The monoisotopic (exact) mass is 361 g/mol. The highest BCUT2D eigenvalue weighted by Gasteiger charge is 2.20. The molecule has 2 rings (SSSR count). The number of nitrogens with two attached hydrogens (primary N) is 1. The molecule has 0 fully saturated rings. The maximum absolute atomic E-state index is 12.4. The Morgan fingerprint density at radius 1 is 1.28 bits per heavy atom. The van der Waals surface area contributed by atoms with E-state index in [9.17, 15) is 9.59 Å². The van der Waals surface area contributed by atoms with Gasteiger partial charge in [0.25, 0.3) is 0 Å². The number of para-hydroxylation sites is 1. The number of urea groups is 1. The van der Waals surface area contributed by atoms with Crippen molar-refractivity contribution in [2.45, 2.75) is 19.4 Å². The van der Waals surface area contributed by atoms with E-state index in [-0.39, 0.29) is 12.3 Å². The number of amides is 3. The minimum atomic E-state index is -0.642. The number of ether oxygens (including phenoxy) is 1. The molecule has 1 aromatic carbocycles. The molecule has 1 heterocycles. The lowest BCUT2D eigenvalue weighted by Crippen LogP contribution is -2.38. The SMILES string of the molecule is Cc1ccccc1OCCN(C)C(=O)CC(NC(N)=O)c1cccs1. The van der Waals surface area contributed by atoms with Gasteiger partial charge in [0.05, 0.1) is 19.0 Å². The van der Waals surface area contributed by atoms with Crippen molar-refractivity contribution in [3.05, 3.63) is 52.2 Å². The number of aryl methyl sites for hydroxylation is 1. The minimum Gasteiger partial charge on any atom is -0.491 e. The second kappa shape index (κ2) is 9.08. The van der Waals surface area contributed by atoms with Crippen LogP contribution in [0.2, 0.25) is 0 Å². The second-order valence-electron chi connectivity index (χ2n) is 5.71. The van der Waals surface area contributed by atoms with Gasteiger partial charge < -0.3 is 20.7 Å². The van der Waals surface area contributed by atoms with E-state index < -0.39 is 12.1 Å². The van der Waals surface area contributed by atoms with Gasteiger partial charge in [-0.1, -0.05) is 24.3 Å². The molecule has 0 saturated carbocycles. The first-order chi connectivity index (χ1) is 12.0. The van der Waals surface area contributed by atoms with Gasteiger partial charge in [-0.3, -0.25) is 4.79 Å². The normalized spacial score (nSPS) is 11.6. The molecule has 1 aromatic heterocycles. The fourth-order valence-electron chi connectivity index (χ4n) is 2.35. The average molecular weight is 361 g/mol. The summed E-state index contributed by atoms with van der Waals surface area (Å²) in [5.74, 6) is 0.732. The highest BCUT2D eigenvalue weighted by atomic mass is 32.1. The zero-order valence-corrected chi connectivity index (χ0v) is 15.2. The fourth-order valence-corrected chi connectivity index (χ4v) is 3.13. The van der Waals surface area contributed by atoms with Crippen LogP contribution >= 0.6 is 11.3 Å². The number of hydrogen-bond donors (Lipinski definition) is 2. The number of nitrogens with one attached hydrogen (secondary N) is 1. The molecule has 25 heavy (non-hydrogen) atoms. The van der Waals surface area contributed by atoms with Crippen LogP contribution < -0.4 is 15.8 Å². The minimum absolute atomic E-state index is 0.0828. The smallest absolute Gasteiger partial charge is 0.312 e. The Hall–Kier alpha value is -2.54. The molecule has 0 saturated heterocycles. The van der Waals surface area contributed by atoms with Gasteiger partial charge in [-0.2, -0.15) is 0 Å². The van der Waals surface area contributed by atoms with Crippen LogP contribution in [0.5, 0.6) is 5.75 Å². The summed E-state index contributed by atoms with van der Waals surface area (Å²) in [6.45, 7) is 2.84. The molecule has 6 nitrogen and oxygen atoms in total. The van der Waals surface area contributed by atoms with E-state index in [0.717, 1.165) is 16.2 Å². The first-order valence-corrected chi connectivity index (χ1v) is 8.87. The van der Waals surface area contributed by atoms with Gasteiger partial charge >= 0.3 is 6.03 Å². The van der Waals surface area contributed by atoms with Crippen molar-refractivity contribution in [1.29, 1.82) is 0 Å². The van der Waals surface area contributed by atoms with Gasteiger partial charge in [-0.15, -0.1) is 11.3 Å². The van der Waals surface area contributed by atoms with E-state index in [1.54, 1.807) is 11.9 Å². The number of likely N-dealkylation sites (N-methyl/N-ethyl adjacent to an activating group) is 1. The predicted molar refractivity (Wildman–Crippen MR) is 98.7 cm³/mol. The third-order valence-electron chi connectivity index (χ3n) is 3.79. The molecular formula is C18H23N3O3S. The summed E-state index contributed by atoms with van der Waals surface area (Å²) in [5.41, 5.74) is 6.28. The van der Waals surface area contributed by atoms with Crippen LogP contribution in [-0.4, -0.2) is 37.0 Å². The first kappa shape index (κ1) is 18.8. The summed E-state index contributed by atoms with van der Waals surface area (Å²) in [6, 6.07) is 10.4. The van der Waals surface area contributed by atoms with Crippen molar-refractivity contribution >= 4 is 23.3 Å². The topological polar surface area (TPSA) is 84.7 Å². The van der Waals surface area contributed by atoms with Crippen LogP contribution in [-0.2, 0) is 4.79 Å². The molecule has 1 atom stereocenters. The molecular weight excluding hydrogens is 338 g/mol. The molecule has 7 heteroatoms. The lowest BCUT2D eigenvalue weighted by Gasteiger charge is -2.21. The van der Waals surface area contributed by atoms with Crippen LogP contribution in [0, 0.1) is 6.92 Å². The maximum atomic E-state index is 12.4. The van der Waals surface area contributed by atoms with Crippen molar-refractivity contribution in [1.82, 2.24) is 10.2 Å². The summed E-state index contributed by atoms with van der Waals surface area (Å²) in [5, 5.41) is 4.53. The van der Waals surface area contributed by atoms with Crippen LogP contribution in [0.3, 0.4) is 0 Å². The third-order valence-corrected chi connectivity index (χ3v) is 4.77. The summed E-state index contributed by atoms with van der Waals surface area (Å²) >= 11 is 1.48. The summed E-state index contributed by atoms with van der Waals surface area (Å²) in [6.07, 6.45) is 0.157. The fraction of sp³-hybridized carbons (Fsp3) is 0.333. The molecule has 1 unspecified atom stereocenters. The first-order valence-electron chi connectivity index (χ1n) is 7.99. The molecule has 0 radical (unpaired) electrons. The largest absolute Gasteiger partial charge is 0.491 e. The number of thiophene rings is 1. The van der Waals surface area contributed by atoms with Crippen molar-refractivity contribution in [3.8, 4) is 5.75 Å². The lowest BCUT2D eigenvalue weighted by atomic mass is 10.1. The number of hydrogen-bond acceptors (Lipinski definition) is 4. The Kier molecular flexibility index (Phi) is 6.82. The Bertz CT molecular complexity index is 703. The summed E-state index contributed by atoms with van der Waals surface area (Å²) in [7, 11) is 1.72. The summed E-state index contributed by atoms with van der Waals surface area (Å²) < 4.78 is 5.72. The Labute approximate surface area is 151 Å². The third kappa shape index (κ3) is 5.79. The van der Waals surface area contributed by atoms with Crippen LogP contribution in [0.25, 0.3) is 0 Å². The average Bonchev–Trinajstić information content (AvgIpc) is 3.10. The van der Waals surface area contributed by atoms with Crippen molar-refractivity contribution in [2.24, 2.45) is 5.73 Å². The second-order valence-corrected chi connectivity index (χ2v) is 6.69. The van der Waals surface area contributed by atoms with Crippen molar-refractivity contribution < 1.29 is 14.3 Å². The number of carbonyl (C=O) groups is 2. The van der Waals surface area contributed by atoms with E-state index in [1.807, 2.05) is 48.7 Å². The molecule has 134 valence electrons. The summed E-state index contributed by atoms with van der Waals surface area (Å²) in [4.78, 5) is 26.1. The van der Waals surface area contributed by atoms with Gasteiger partial charge in [-0.05, 0) is 30.0 Å². The van der Waals surface area contributed by atoms with E-state index >= 15 is 0 Å². The van der Waals surface area contributed by atoms with Crippen LogP contribution in [0.15, 0.2) is 41.8 Å². The van der Waals surface area contributed by atoms with Crippen molar-refractivity contribution in [3.63, 3.8) is 0 Å². The number of nitrogens with zero attached hydrogens (tertiary/aromatic N) is 1. The lowest BCUT2D eigenvalue weighted by molar-refractivity contribution is -0.130. The van der Waals surface area contributed by atoms with Gasteiger partial charge in [0, 0.05) is 11.9 Å². The molecule has 2 aromatic rings. The number of carbonyl (C=O) groups excluding carboxylic acids is 2. The molecule has 3 N–H and O–H groups in total. The van der Waals surface area contributed by atoms with Gasteiger partial charge in [0.15, 0.2) is 0 Å². The van der Waals surface area contributed by atoms with Gasteiger partial charge in [-0.25, -0.2) is 4.79 Å². The number of primary amides is 1. The zero-order chi connectivity index (χ0) is 18.2. The zero-order valence-electron chi connectivity index (χ0n) is 14.4. The number of benzene rings is 1. The maximum Gasteiger partial charge on any atom is 0.312 e.